The highest BCUT2D eigenvalue weighted by atomic mass is 19.4. The average molecular weight is 590 g/mol. The number of halogens is 9. The van der Waals surface area contributed by atoms with Crippen LogP contribution in [0.3, 0.4) is 0 Å². The first kappa shape index (κ1) is 30.9. The van der Waals surface area contributed by atoms with E-state index in [1.54, 1.807) is 6.07 Å². The molecule has 0 bridgehead atoms. The molecule has 4 rings (SSSR count). The Bertz CT molecular complexity index is 1030. The van der Waals surface area contributed by atoms with Crippen LogP contribution in [0.5, 0.6) is 0 Å². The summed E-state index contributed by atoms with van der Waals surface area (Å²) in [5.41, 5.74) is -0.718. The summed E-state index contributed by atoms with van der Waals surface area (Å²) in [6, 6.07) is 0.228. The number of carboxylic acids is 1. The van der Waals surface area contributed by atoms with E-state index in [9.17, 15) is 49.4 Å². The van der Waals surface area contributed by atoms with E-state index in [0.717, 1.165) is 12.1 Å². The zero-order chi connectivity index (χ0) is 29.5. The number of hydrogen-bond acceptors (Lipinski definition) is 4. The second-order valence-corrected chi connectivity index (χ2v) is 11.2. The normalized spacial score (nSPS) is 22.4. The SMILES string of the molecule is O=C(O)C1CCN(Cc2cc(CN3CCCC34CCN(C(C(F)(F)F)C(F)(F)F)CC4)cc(C(F)(F)F)c2)CC1. The second-order valence-electron chi connectivity index (χ2n) is 11.2. The van der Waals surface area contributed by atoms with Crippen LogP contribution in [0.25, 0.3) is 0 Å². The molecule has 0 aliphatic carbocycles. The molecule has 3 fully saturated rings. The molecule has 0 unspecified atom stereocenters. The molecule has 0 aromatic heterocycles. The molecule has 40 heavy (non-hydrogen) atoms. The van der Waals surface area contributed by atoms with Crippen molar-refractivity contribution in [1.82, 2.24) is 14.7 Å². The van der Waals surface area contributed by atoms with Gasteiger partial charge in [0.15, 0.2) is 0 Å². The largest absolute Gasteiger partial charge is 0.481 e. The number of piperidine rings is 2. The van der Waals surface area contributed by atoms with Crippen molar-refractivity contribution < 1.29 is 49.4 Å². The molecular weight excluding hydrogens is 557 g/mol. The molecule has 0 radical (unpaired) electrons. The third-order valence-corrected chi connectivity index (χ3v) is 8.55. The van der Waals surface area contributed by atoms with Crippen LogP contribution in [0.2, 0.25) is 0 Å². The molecule has 0 atom stereocenters. The maximum absolute atomic E-state index is 13.8. The topological polar surface area (TPSA) is 47.0 Å². The van der Waals surface area contributed by atoms with Crippen LogP contribution in [0, 0.1) is 5.92 Å². The average Bonchev–Trinajstić information content (AvgIpc) is 3.20. The molecule has 5 nitrogen and oxygen atoms in total. The van der Waals surface area contributed by atoms with Gasteiger partial charge in [0.1, 0.15) is 0 Å². The van der Waals surface area contributed by atoms with E-state index in [-0.39, 0.29) is 25.9 Å². The molecule has 0 amide bonds. The number of nitrogens with zero attached hydrogens (tertiary/aromatic N) is 3. The third-order valence-electron chi connectivity index (χ3n) is 8.55. The Labute approximate surface area is 225 Å². The monoisotopic (exact) mass is 589 g/mol. The summed E-state index contributed by atoms with van der Waals surface area (Å²) in [6.07, 6.45) is -13.4. The van der Waals surface area contributed by atoms with Gasteiger partial charge in [-0.15, -0.1) is 0 Å². The van der Waals surface area contributed by atoms with Crippen molar-refractivity contribution in [2.45, 2.75) is 81.7 Å². The smallest absolute Gasteiger partial charge is 0.416 e. The highest BCUT2D eigenvalue weighted by Crippen LogP contribution is 2.44. The predicted octanol–water partition coefficient (Wildman–Crippen LogP) is 5.93. The van der Waals surface area contributed by atoms with Crippen LogP contribution in [-0.2, 0) is 24.1 Å². The fraction of sp³-hybridized carbons (Fsp3) is 0.731. The van der Waals surface area contributed by atoms with Gasteiger partial charge in [-0.05, 0) is 81.4 Å². The van der Waals surface area contributed by atoms with E-state index < -0.39 is 60.6 Å². The minimum absolute atomic E-state index is 0.0556. The van der Waals surface area contributed by atoms with Crippen LogP contribution in [-0.4, -0.2) is 82.4 Å². The lowest BCUT2D eigenvalue weighted by Gasteiger charge is -2.47. The summed E-state index contributed by atoms with van der Waals surface area (Å²) < 4.78 is 121. The quantitative estimate of drug-likeness (QED) is 0.418. The molecule has 226 valence electrons. The number of carbonyl (C=O) groups is 1. The van der Waals surface area contributed by atoms with E-state index in [1.165, 1.54) is 0 Å². The van der Waals surface area contributed by atoms with E-state index >= 15 is 0 Å². The molecule has 3 aliphatic heterocycles. The van der Waals surface area contributed by atoms with Gasteiger partial charge in [-0.1, -0.05) is 6.07 Å². The Morgan fingerprint density at radius 2 is 1.38 bits per heavy atom. The van der Waals surface area contributed by atoms with Crippen molar-refractivity contribution in [2.24, 2.45) is 5.92 Å². The first-order valence-electron chi connectivity index (χ1n) is 13.3. The van der Waals surface area contributed by atoms with Gasteiger partial charge >= 0.3 is 24.5 Å². The summed E-state index contributed by atoms with van der Waals surface area (Å²) in [6.45, 7) is 0.826. The lowest BCUT2D eigenvalue weighted by molar-refractivity contribution is -0.290. The fourth-order valence-corrected chi connectivity index (χ4v) is 6.53. The van der Waals surface area contributed by atoms with Gasteiger partial charge in [0.25, 0.3) is 0 Å². The predicted molar refractivity (Wildman–Crippen MR) is 126 cm³/mol. The third kappa shape index (κ3) is 7.04. The Morgan fingerprint density at radius 1 is 0.825 bits per heavy atom. The van der Waals surface area contributed by atoms with Gasteiger partial charge in [-0.3, -0.25) is 19.5 Å². The second kappa shape index (κ2) is 11.3. The molecule has 1 aromatic rings. The van der Waals surface area contributed by atoms with Gasteiger partial charge in [-0.25, -0.2) is 0 Å². The zero-order valence-electron chi connectivity index (χ0n) is 21.7. The molecule has 1 spiro atoms. The maximum Gasteiger partial charge on any atom is 0.416 e. The number of likely N-dealkylation sites (tertiary alicyclic amines) is 3. The van der Waals surface area contributed by atoms with Gasteiger partial charge < -0.3 is 5.11 Å². The van der Waals surface area contributed by atoms with E-state index in [1.807, 2.05) is 9.80 Å². The van der Waals surface area contributed by atoms with Crippen molar-refractivity contribution in [3.8, 4) is 0 Å². The van der Waals surface area contributed by atoms with Crippen molar-refractivity contribution >= 4 is 5.97 Å². The van der Waals surface area contributed by atoms with Crippen LogP contribution in [0.15, 0.2) is 18.2 Å². The van der Waals surface area contributed by atoms with Crippen LogP contribution >= 0.6 is 0 Å². The lowest BCUT2D eigenvalue weighted by atomic mass is 9.84. The van der Waals surface area contributed by atoms with Crippen molar-refractivity contribution in [3.05, 3.63) is 34.9 Å². The molecule has 3 aliphatic rings. The molecule has 3 heterocycles. The summed E-state index contributed by atoms with van der Waals surface area (Å²) >= 11 is 0. The molecular formula is C26H32F9N3O2. The molecule has 3 saturated heterocycles. The maximum atomic E-state index is 13.8. The number of benzene rings is 1. The van der Waals surface area contributed by atoms with Crippen LogP contribution in [0.1, 0.15) is 55.2 Å². The van der Waals surface area contributed by atoms with Gasteiger partial charge in [-0.2, -0.15) is 39.5 Å². The Morgan fingerprint density at radius 3 is 1.88 bits per heavy atom. The summed E-state index contributed by atoms with van der Waals surface area (Å²) in [7, 11) is 0. The van der Waals surface area contributed by atoms with E-state index in [0.29, 0.717) is 61.3 Å². The summed E-state index contributed by atoms with van der Waals surface area (Å²) in [5, 5.41) is 9.18. The molecule has 14 heteroatoms. The van der Waals surface area contributed by atoms with Gasteiger partial charge in [0.2, 0.25) is 6.04 Å². The number of alkyl halides is 9. The highest BCUT2D eigenvalue weighted by Gasteiger charge is 2.60. The van der Waals surface area contributed by atoms with E-state index in [2.05, 4.69) is 0 Å². The number of rotatable bonds is 6. The van der Waals surface area contributed by atoms with Gasteiger partial charge in [0, 0.05) is 31.7 Å². The first-order valence-corrected chi connectivity index (χ1v) is 13.3. The minimum atomic E-state index is -5.46. The molecule has 1 aromatic carbocycles. The highest BCUT2D eigenvalue weighted by molar-refractivity contribution is 5.70. The Hall–Kier alpha value is -2.06. The number of carboxylic acid groups (broad SMARTS) is 1. The van der Waals surface area contributed by atoms with Crippen molar-refractivity contribution in [2.75, 3.05) is 32.7 Å². The standard InChI is InChI=1S/C26H32F9N3O2/c27-24(28,29)20-13-17(15-36-8-2-19(3-9-36)21(39)40)12-18(14-20)16-38-7-1-4-23(38)5-10-37(11-6-23)22(25(30,31)32)26(33,34)35/h12-14,19,22H,1-11,15-16H2,(H,39,40). The minimum Gasteiger partial charge on any atom is -0.481 e. The first-order chi connectivity index (χ1) is 18.5. The molecule has 0 saturated carbocycles. The Balaban J connectivity index is 1.48. The van der Waals surface area contributed by atoms with E-state index in [4.69, 9.17) is 0 Å². The number of aliphatic carboxylic acids is 1. The zero-order valence-corrected chi connectivity index (χ0v) is 21.7. The fourth-order valence-electron chi connectivity index (χ4n) is 6.53. The molecule has 1 N–H and O–H groups in total. The number of hydrogen-bond donors (Lipinski definition) is 1. The van der Waals surface area contributed by atoms with Crippen LogP contribution < -0.4 is 0 Å². The van der Waals surface area contributed by atoms with Crippen LogP contribution in [0.4, 0.5) is 39.5 Å². The van der Waals surface area contributed by atoms with Gasteiger partial charge in [0.05, 0.1) is 11.5 Å². The van der Waals surface area contributed by atoms with Crippen molar-refractivity contribution in [3.63, 3.8) is 0 Å². The summed E-state index contributed by atoms with van der Waals surface area (Å²) in [4.78, 5) is 15.4. The summed E-state index contributed by atoms with van der Waals surface area (Å²) in [5.74, 6) is -1.37. The van der Waals surface area contributed by atoms with Crippen molar-refractivity contribution in [1.29, 1.82) is 0 Å². The Kier molecular flexibility index (Phi) is 8.74. The lowest BCUT2D eigenvalue weighted by Crippen LogP contribution is -2.60.